The van der Waals surface area contributed by atoms with E-state index in [2.05, 4.69) is 4.90 Å². The maximum atomic E-state index is 13.2. The van der Waals surface area contributed by atoms with Crippen molar-refractivity contribution in [2.24, 2.45) is 11.8 Å². The number of aliphatic hydroxyl groups excluding tert-OH is 1. The SMILES string of the molecule is CN1C(=O)[C@H]2CCC[C@H]2N(C2CCCC2)c2nc(CC3CCC(O)CC3)ncc21. The van der Waals surface area contributed by atoms with Crippen LogP contribution in [0.2, 0.25) is 0 Å². The molecule has 1 aromatic heterocycles. The Morgan fingerprint density at radius 1 is 1.03 bits per heavy atom. The standard InChI is InChI=1S/C23H34N4O2/c1-26-20-14-24-21(13-15-9-11-17(28)12-10-15)25-22(20)27(16-5-2-3-6-16)19-8-4-7-18(19)23(26)29/h14-19,28H,2-13H2,1H3/t15?,17?,18-,19+/m0/s1. The number of carbonyl (C=O) groups excluding carboxylic acids is 1. The Hall–Kier alpha value is -1.69. The smallest absolute Gasteiger partial charge is 0.232 e. The molecule has 158 valence electrons. The van der Waals surface area contributed by atoms with Gasteiger partial charge in [-0.15, -0.1) is 0 Å². The van der Waals surface area contributed by atoms with Crippen LogP contribution in [0.3, 0.4) is 0 Å². The van der Waals surface area contributed by atoms with Crippen molar-refractivity contribution in [1.29, 1.82) is 0 Å². The topological polar surface area (TPSA) is 69.6 Å². The molecule has 0 spiro atoms. The van der Waals surface area contributed by atoms with Crippen LogP contribution >= 0.6 is 0 Å². The zero-order chi connectivity index (χ0) is 20.0. The van der Waals surface area contributed by atoms with E-state index in [0.717, 1.165) is 68.7 Å². The molecular formula is C23H34N4O2. The molecule has 0 unspecified atom stereocenters. The molecular weight excluding hydrogens is 364 g/mol. The molecule has 0 saturated heterocycles. The predicted octanol–water partition coefficient (Wildman–Crippen LogP) is 3.46. The summed E-state index contributed by atoms with van der Waals surface area (Å²) < 4.78 is 0. The van der Waals surface area contributed by atoms with Crippen LogP contribution in [0.15, 0.2) is 6.20 Å². The van der Waals surface area contributed by atoms with Gasteiger partial charge in [0.25, 0.3) is 0 Å². The average molecular weight is 399 g/mol. The number of nitrogens with zero attached hydrogens (tertiary/aromatic N) is 4. The molecule has 3 fully saturated rings. The minimum Gasteiger partial charge on any atom is -0.393 e. The summed E-state index contributed by atoms with van der Waals surface area (Å²) in [5.41, 5.74) is 0.888. The Balaban J connectivity index is 1.50. The van der Waals surface area contributed by atoms with Crippen LogP contribution in [0.25, 0.3) is 0 Å². The first kappa shape index (κ1) is 19.3. The Kier molecular flexibility index (Phi) is 5.23. The van der Waals surface area contributed by atoms with Crippen molar-refractivity contribution in [3.63, 3.8) is 0 Å². The molecule has 3 saturated carbocycles. The highest BCUT2D eigenvalue weighted by molar-refractivity contribution is 5.99. The lowest BCUT2D eigenvalue weighted by atomic mass is 9.85. The molecule has 2 atom stereocenters. The monoisotopic (exact) mass is 398 g/mol. The van der Waals surface area contributed by atoms with Crippen molar-refractivity contribution in [2.75, 3.05) is 16.8 Å². The van der Waals surface area contributed by atoms with Gasteiger partial charge in [0, 0.05) is 25.6 Å². The van der Waals surface area contributed by atoms with E-state index >= 15 is 0 Å². The highest BCUT2D eigenvalue weighted by Crippen LogP contribution is 2.44. The van der Waals surface area contributed by atoms with Gasteiger partial charge in [-0.2, -0.15) is 0 Å². The summed E-state index contributed by atoms with van der Waals surface area (Å²) in [7, 11) is 1.90. The molecule has 6 nitrogen and oxygen atoms in total. The van der Waals surface area contributed by atoms with Crippen LogP contribution in [-0.4, -0.2) is 46.2 Å². The Morgan fingerprint density at radius 2 is 1.79 bits per heavy atom. The van der Waals surface area contributed by atoms with Crippen LogP contribution in [0.1, 0.15) is 76.5 Å². The van der Waals surface area contributed by atoms with Gasteiger partial charge in [-0.25, -0.2) is 9.97 Å². The van der Waals surface area contributed by atoms with Crippen LogP contribution in [0.4, 0.5) is 11.5 Å². The van der Waals surface area contributed by atoms with E-state index in [1.807, 2.05) is 18.1 Å². The fourth-order valence-electron chi connectivity index (χ4n) is 6.25. The Morgan fingerprint density at radius 3 is 2.55 bits per heavy atom. The zero-order valence-electron chi connectivity index (χ0n) is 17.6. The summed E-state index contributed by atoms with van der Waals surface area (Å²) in [5, 5.41) is 9.80. The van der Waals surface area contributed by atoms with Gasteiger partial charge in [-0.1, -0.05) is 19.3 Å². The molecule has 3 aliphatic carbocycles. The van der Waals surface area contributed by atoms with Gasteiger partial charge in [0.15, 0.2) is 5.82 Å². The van der Waals surface area contributed by atoms with Gasteiger partial charge in [0.1, 0.15) is 11.5 Å². The number of rotatable bonds is 3. The van der Waals surface area contributed by atoms with Crippen LogP contribution < -0.4 is 9.80 Å². The van der Waals surface area contributed by atoms with E-state index in [4.69, 9.17) is 9.97 Å². The van der Waals surface area contributed by atoms with Gasteiger partial charge in [-0.05, 0) is 57.3 Å². The third-order valence-electron chi connectivity index (χ3n) is 7.90. The Labute approximate surface area is 173 Å². The molecule has 0 bridgehead atoms. The van der Waals surface area contributed by atoms with Crippen molar-refractivity contribution in [3.8, 4) is 0 Å². The lowest BCUT2D eigenvalue weighted by molar-refractivity contribution is -0.122. The van der Waals surface area contributed by atoms with Gasteiger partial charge in [-0.3, -0.25) is 4.79 Å². The van der Waals surface area contributed by atoms with E-state index in [1.165, 1.54) is 25.7 Å². The number of carbonyl (C=O) groups is 1. The summed E-state index contributed by atoms with van der Waals surface area (Å²) in [4.78, 5) is 27.4. The van der Waals surface area contributed by atoms with Gasteiger partial charge < -0.3 is 14.9 Å². The summed E-state index contributed by atoms with van der Waals surface area (Å²) >= 11 is 0. The minimum atomic E-state index is -0.129. The summed E-state index contributed by atoms with van der Waals surface area (Å²) in [5.74, 6) is 2.80. The van der Waals surface area contributed by atoms with Crippen LogP contribution in [0, 0.1) is 11.8 Å². The second-order valence-corrected chi connectivity index (χ2v) is 9.72. The zero-order valence-corrected chi connectivity index (χ0v) is 17.6. The minimum absolute atomic E-state index is 0.0954. The first-order valence-corrected chi connectivity index (χ1v) is 11.7. The predicted molar refractivity (Wildman–Crippen MR) is 113 cm³/mol. The van der Waals surface area contributed by atoms with E-state index in [9.17, 15) is 9.90 Å². The third-order valence-corrected chi connectivity index (χ3v) is 7.90. The van der Waals surface area contributed by atoms with Crippen molar-refractivity contribution in [3.05, 3.63) is 12.0 Å². The second-order valence-electron chi connectivity index (χ2n) is 9.72. The fraction of sp³-hybridized carbons (Fsp3) is 0.783. The van der Waals surface area contributed by atoms with Crippen molar-refractivity contribution < 1.29 is 9.90 Å². The fourth-order valence-corrected chi connectivity index (χ4v) is 6.25. The maximum Gasteiger partial charge on any atom is 0.232 e. The number of hydrogen-bond donors (Lipinski definition) is 1. The van der Waals surface area contributed by atoms with Crippen LogP contribution in [-0.2, 0) is 11.2 Å². The van der Waals surface area contributed by atoms with E-state index < -0.39 is 0 Å². The average Bonchev–Trinajstić information content (AvgIpc) is 3.41. The number of aliphatic hydroxyl groups is 1. The first-order chi connectivity index (χ1) is 14.1. The molecule has 0 radical (unpaired) electrons. The van der Waals surface area contributed by atoms with Gasteiger partial charge >= 0.3 is 0 Å². The molecule has 1 N–H and O–H groups in total. The molecule has 0 aromatic carbocycles. The quantitative estimate of drug-likeness (QED) is 0.844. The van der Waals surface area contributed by atoms with E-state index in [1.54, 1.807) is 0 Å². The third kappa shape index (κ3) is 3.54. The largest absolute Gasteiger partial charge is 0.393 e. The molecule has 1 aromatic rings. The molecule has 4 aliphatic rings. The Bertz CT molecular complexity index is 755. The molecule has 2 heterocycles. The normalized spacial score (nSPS) is 33.0. The van der Waals surface area contributed by atoms with Crippen molar-refractivity contribution in [2.45, 2.75) is 95.2 Å². The number of amides is 1. The van der Waals surface area contributed by atoms with E-state index in [0.29, 0.717) is 18.0 Å². The first-order valence-electron chi connectivity index (χ1n) is 11.7. The molecule has 1 amide bonds. The summed E-state index contributed by atoms with van der Waals surface area (Å²) in [6, 6.07) is 0.799. The molecule has 29 heavy (non-hydrogen) atoms. The van der Waals surface area contributed by atoms with Gasteiger partial charge in [0.2, 0.25) is 5.91 Å². The molecule has 1 aliphatic heterocycles. The highest BCUT2D eigenvalue weighted by Gasteiger charge is 2.45. The summed E-state index contributed by atoms with van der Waals surface area (Å²) in [6.45, 7) is 0. The number of hydrogen-bond acceptors (Lipinski definition) is 5. The second kappa shape index (κ2) is 7.86. The number of anilines is 2. The summed E-state index contributed by atoms with van der Waals surface area (Å²) in [6.07, 6.45) is 14.7. The van der Waals surface area contributed by atoms with Crippen molar-refractivity contribution >= 4 is 17.4 Å². The number of fused-ring (bicyclic) bond motifs is 2. The van der Waals surface area contributed by atoms with E-state index in [-0.39, 0.29) is 17.9 Å². The lowest BCUT2D eigenvalue weighted by Crippen LogP contribution is -2.46. The van der Waals surface area contributed by atoms with Crippen molar-refractivity contribution in [1.82, 2.24) is 9.97 Å². The lowest BCUT2D eigenvalue weighted by Gasteiger charge is -2.37. The molecule has 5 rings (SSSR count). The number of aromatic nitrogens is 2. The van der Waals surface area contributed by atoms with Gasteiger partial charge in [0.05, 0.1) is 18.2 Å². The maximum absolute atomic E-state index is 13.2. The highest BCUT2D eigenvalue weighted by atomic mass is 16.3. The van der Waals surface area contributed by atoms with Crippen LogP contribution in [0.5, 0.6) is 0 Å². The molecule has 6 heteroatoms.